The highest BCUT2D eigenvalue weighted by molar-refractivity contribution is 5.98. The van der Waals surface area contributed by atoms with Crippen molar-refractivity contribution in [2.75, 3.05) is 29.1 Å². The lowest BCUT2D eigenvalue weighted by Gasteiger charge is -2.14. The lowest BCUT2D eigenvalue weighted by molar-refractivity contribution is -0.117. The zero-order chi connectivity index (χ0) is 20.6. The van der Waals surface area contributed by atoms with Crippen molar-refractivity contribution in [3.8, 4) is 5.75 Å². The van der Waals surface area contributed by atoms with Gasteiger partial charge in [-0.25, -0.2) is 0 Å². The second-order valence-corrected chi connectivity index (χ2v) is 7.37. The minimum absolute atomic E-state index is 0.0559. The number of hydrogen-bond donors (Lipinski definition) is 3. The Labute approximate surface area is 172 Å². The predicted octanol–water partition coefficient (Wildman–Crippen LogP) is 4.57. The monoisotopic (exact) mass is 395 g/mol. The van der Waals surface area contributed by atoms with Crippen LogP contribution in [0.4, 0.5) is 17.1 Å². The van der Waals surface area contributed by atoms with Gasteiger partial charge in [0.05, 0.1) is 13.2 Å². The molecule has 3 N–H and O–H groups in total. The van der Waals surface area contributed by atoms with Gasteiger partial charge in [0, 0.05) is 23.0 Å². The van der Waals surface area contributed by atoms with E-state index in [1.807, 2.05) is 49.4 Å². The molecule has 6 nitrogen and oxygen atoms in total. The fourth-order valence-electron chi connectivity index (χ4n) is 2.87. The van der Waals surface area contributed by atoms with E-state index < -0.39 is 0 Å². The third kappa shape index (κ3) is 6.24. The van der Waals surface area contributed by atoms with Crippen LogP contribution in [0.5, 0.6) is 5.75 Å². The van der Waals surface area contributed by atoms with Crippen LogP contribution in [0.2, 0.25) is 0 Å². The van der Waals surface area contributed by atoms with Gasteiger partial charge in [0.25, 0.3) is 0 Å². The van der Waals surface area contributed by atoms with E-state index in [0.29, 0.717) is 12.3 Å². The molecule has 0 bridgehead atoms. The Morgan fingerprint density at radius 2 is 1.72 bits per heavy atom. The van der Waals surface area contributed by atoms with Crippen molar-refractivity contribution in [3.63, 3.8) is 0 Å². The topological polar surface area (TPSA) is 79.5 Å². The summed E-state index contributed by atoms with van der Waals surface area (Å²) in [5, 5.41) is 8.97. The Kier molecular flexibility index (Phi) is 7.11. The van der Waals surface area contributed by atoms with Crippen molar-refractivity contribution in [1.82, 2.24) is 0 Å². The van der Waals surface area contributed by atoms with E-state index in [-0.39, 0.29) is 24.3 Å². The minimum Gasteiger partial charge on any atom is -0.494 e. The summed E-state index contributed by atoms with van der Waals surface area (Å²) < 4.78 is 5.64. The van der Waals surface area contributed by atoms with E-state index in [1.165, 1.54) is 0 Å². The first kappa shape index (κ1) is 20.7. The van der Waals surface area contributed by atoms with Gasteiger partial charge in [0.1, 0.15) is 5.75 Å². The van der Waals surface area contributed by atoms with E-state index in [9.17, 15) is 9.59 Å². The molecule has 2 aromatic rings. The highest BCUT2D eigenvalue weighted by atomic mass is 16.5. The lowest BCUT2D eigenvalue weighted by Crippen LogP contribution is -2.22. The summed E-state index contributed by atoms with van der Waals surface area (Å²) in [7, 11) is 0. The quantitative estimate of drug-likeness (QED) is 0.515. The van der Waals surface area contributed by atoms with Gasteiger partial charge in [0.2, 0.25) is 11.8 Å². The SMILES string of the molecule is CCCCOc1ccc(NCC(=O)Nc2cccc(NC(=O)C3CC3)c2C)cc1. The number of benzene rings is 2. The zero-order valence-corrected chi connectivity index (χ0v) is 17.1. The molecule has 29 heavy (non-hydrogen) atoms. The van der Waals surface area contributed by atoms with Crippen molar-refractivity contribution in [2.24, 2.45) is 5.92 Å². The van der Waals surface area contributed by atoms with Crippen molar-refractivity contribution in [2.45, 2.75) is 39.5 Å². The average molecular weight is 396 g/mol. The van der Waals surface area contributed by atoms with Gasteiger partial charge < -0.3 is 20.7 Å². The Bertz CT molecular complexity index is 845. The molecule has 0 aliphatic heterocycles. The number of nitrogens with one attached hydrogen (secondary N) is 3. The normalized spacial score (nSPS) is 12.9. The van der Waals surface area contributed by atoms with Crippen LogP contribution in [-0.4, -0.2) is 25.0 Å². The molecule has 154 valence electrons. The molecule has 1 saturated carbocycles. The van der Waals surface area contributed by atoms with E-state index >= 15 is 0 Å². The van der Waals surface area contributed by atoms with Gasteiger partial charge in [-0.1, -0.05) is 19.4 Å². The fourth-order valence-corrected chi connectivity index (χ4v) is 2.87. The molecule has 1 aliphatic rings. The summed E-state index contributed by atoms with van der Waals surface area (Å²) in [5.74, 6) is 0.872. The number of amides is 2. The van der Waals surface area contributed by atoms with Crippen molar-refractivity contribution < 1.29 is 14.3 Å². The Hall–Kier alpha value is -3.02. The molecule has 2 amide bonds. The van der Waals surface area contributed by atoms with Gasteiger partial charge in [-0.2, -0.15) is 0 Å². The average Bonchev–Trinajstić information content (AvgIpc) is 3.56. The summed E-state index contributed by atoms with van der Waals surface area (Å²) in [5.41, 5.74) is 3.14. The smallest absolute Gasteiger partial charge is 0.243 e. The van der Waals surface area contributed by atoms with Gasteiger partial charge >= 0.3 is 0 Å². The number of ether oxygens (including phenoxy) is 1. The first-order valence-electron chi connectivity index (χ1n) is 10.2. The second-order valence-electron chi connectivity index (χ2n) is 7.37. The van der Waals surface area contributed by atoms with Crippen LogP contribution in [0.15, 0.2) is 42.5 Å². The van der Waals surface area contributed by atoms with E-state index in [0.717, 1.165) is 48.4 Å². The molecular weight excluding hydrogens is 366 g/mol. The van der Waals surface area contributed by atoms with Crippen LogP contribution in [0.1, 0.15) is 38.2 Å². The molecule has 0 aromatic heterocycles. The molecule has 0 unspecified atom stereocenters. The highest BCUT2D eigenvalue weighted by Gasteiger charge is 2.29. The predicted molar refractivity (Wildman–Crippen MR) is 116 cm³/mol. The summed E-state index contributed by atoms with van der Waals surface area (Å²) in [6.07, 6.45) is 4.05. The minimum atomic E-state index is -0.151. The van der Waals surface area contributed by atoms with Gasteiger partial charge in [-0.3, -0.25) is 9.59 Å². The molecule has 6 heteroatoms. The summed E-state index contributed by atoms with van der Waals surface area (Å²) >= 11 is 0. The third-order valence-corrected chi connectivity index (χ3v) is 4.89. The van der Waals surface area contributed by atoms with Crippen LogP contribution in [0.25, 0.3) is 0 Å². The Morgan fingerprint density at radius 1 is 1.03 bits per heavy atom. The molecule has 1 fully saturated rings. The lowest BCUT2D eigenvalue weighted by atomic mass is 10.1. The zero-order valence-electron chi connectivity index (χ0n) is 17.1. The first-order chi connectivity index (χ1) is 14.1. The largest absolute Gasteiger partial charge is 0.494 e. The maximum Gasteiger partial charge on any atom is 0.243 e. The maximum absolute atomic E-state index is 12.3. The van der Waals surface area contributed by atoms with E-state index in [2.05, 4.69) is 22.9 Å². The van der Waals surface area contributed by atoms with Crippen LogP contribution in [-0.2, 0) is 9.59 Å². The van der Waals surface area contributed by atoms with Crippen LogP contribution in [0, 0.1) is 12.8 Å². The molecule has 0 radical (unpaired) electrons. The fraction of sp³-hybridized carbons (Fsp3) is 0.391. The number of rotatable bonds is 10. The van der Waals surface area contributed by atoms with Crippen molar-refractivity contribution in [1.29, 1.82) is 0 Å². The van der Waals surface area contributed by atoms with Gasteiger partial charge in [-0.15, -0.1) is 0 Å². The number of unbranched alkanes of at least 4 members (excludes halogenated alkanes) is 1. The van der Waals surface area contributed by atoms with Crippen LogP contribution >= 0.6 is 0 Å². The molecule has 2 aromatic carbocycles. The van der Waals surface area contributed by atoms with Gasteiger partial charge in [-0.05, 0) is 68.1 Å². The number of hydrogen-bond acceptors (Lipinski definition) is 4. The summed E-state index contributed by atoms with van der Waals surface area (Å²) in [4.78, 5) is 24.3. The number of carbonyl (C=O) groups excluding carboxylic acids is 2. The van der Waals surface area contributed by atoms with Crippen LogP contribution < -0.4 is 20.7 Å². The standard InChI is InChI=1S/C23H29N3O3/c1-3-4-14-29-19-12-10-18(11-13-19)24-15-22(27)25-20-6-5-7-21(16(20)2)26-23(28)17-8-9-17/h5-7,10-13,17,24H,3-4,8-9,14-15H2,1-2H3,(H,25,27)(H,26,28). The Morgan fingerprint density at radius 3 is 2.38 bits per heavy atom. The van der Waals surface area contributed by atoms with Crippen molar-refractivity contribution >= 4 is 28.9 Å². The first-order valence-corrected chi connectivity index (χ1v) is 10.2. The number of anilines is 3. The summed E-state index contributed by atoms with van der Waals surface area (Å²) in [6.45, 7) is 4.88. The second kappa shape index (κ2) is 9.96. The highest BCUT2D eigenvalue weighted by Crippen LogP contribution is 2.31. The number of carbonyl (C=O) groups is 2. The Balaban J connectivity index is 1.49. The third-order valence-electron chi connectivity index (χ3n) is 4.89. The molecule has 0 spiro atoms. The molecule has 3 rings (SSSR count). The molecule has 0 heterocycles. The molecular formula is C23H29N3O3. The summed E-state index contributed by atoms with van der Waals surface area (Å²) in [6, 6.07) is 13.1. The molecule has 1 aliphatic carbocycles. The van der Waals surface area contributed by atoms with E-state index in [1.54, 1.807) is 0 Å². The van der Waals surface area contributed by atoms with Crippen molar-refractivity contribution in [3.05, 3.63) is 48.0 Å². The molecule has 0 atom stereocenters. The molecule has 0 saturated heterocycles. The maximum atomic E-state index is 12.3. The van der Waals surface area contributed by atoms with Crippen LogP contribution in [0.3, 0.4) is 0 Å². The van der Waals surface area contributed by atoms with Gasteiger partial charge in [0.15, 0.2) is 0 Å². The van der Waals surface area contributed by atoms with E-state index in [4.69, 9.17) is 4.74 Å².